The molecular weight excluding hydrogens is 380 g/mol. The van der Waals surface area contributed by atoms with Gasteiger partial charge in [-0.1, -0.05) is 35.0 Å². The summed E-state index contributed by atoms with van der Waals surface area (Å²) < 4.78 is 2.13. The molecule has 2 nitrogen and oxygen atoms in total. The topological polar surface area (TPSA) is 24.9 Å². The molecule has 106 valence electrons. The lowest BCUT2D eigenvalue weighted by atomic mass is 10.0. The summed E-state index contributed by atoms with van der Waals surface area (Å²) in [6.45, 7) is 3.19. The van der Waals surface area contributed by atoms with Gasteiger partial charge in [-0.25, -0.2) is 0 Å². The smallest absolute Gasteiger partial charge is 0.0423 e. The highest BCUT2D eigenvalue weighted by Crippen LogP contribution is 2.22. The molecule has 0 saturated heterocycles. The minimum atomic E-state index is 0.293. The number of nitrogens with zero attached hydrogens (tertiary/aromatic N) is 1. The van der Waals surface area contributed by atoms with Gasteiger partial charge in [0.2, 0.25) is 0 Å². The average molecular weight is 398 g/mol. The highest BCUT2D eigenvalue weighted by Gasteiger charge is 2.12. The fourth-order valence-corrected chi connectivity index (χ4v) is 2.74. The van der Waals surface area contributed by atoms with E-state index in [1.807, 2.05) is 12.3 Å². The molecule has 4 heteroatoms. The quantitative estimate of drug-likeness (QED) is 0.750. The maximum atomic E-state index is 4.48. The third-order valence-electron chi connectivity index (χ3n) is 3.09. The number of hydrogen-bond donors (Lipinski definition) is 1. The van der Waals surface area contributed by atoms with Gasteiger partial charge in [-0.05, 0) is 58.7 Å². The molecule has 1 atom stereocenters. The predicted octanol–water partition coefficient (Wildman–Crippen LogP) is 4.89. The molecular formula is C16H18Br2N2. The lowest BCUT2D eigenvalue weighted by molar-refractivity contribution is 0.524. The Kier molecular flexibility index (Phi) is 6.20. The number of pyridine rings is 1. The van der Waals surface area contributed by atoms with Crippen molar-refractivity contribution in [1.29, 1.82) is 0 Å². The summed E-state index contributed by atoms with van der Waals surface area (Å²) in [6.07, 6.45) is 3.87. The standard InChI is InChI=1S/C16H18Br2N2/c1-2-8-19-16(12-4-3-5-13(17)9-12)10-15-7-6-14(18)11-20-15/h3-7,9,11,16,19H,2,8,10H2,1H3. The first-order chi connectivity index (χ1) is 9.69. The number of rotatable bonds is 6. The molecule has 20 heavy (non-hydrogen) atoms. The van der Waals surface area contributed by atoms with E-state index in [2.05, 4.69) is 79.4 Å². The lowest BCUT2D eigenvalue weighted by Crippen LogP contribution is -2.24. The van der Waals surface area contributed by atoms with Crippen molar-refractivity contribution in [2.24, 2.45) is 0 Å². The second-order valence-corrected chi connectivity index (χ2v) is 6.56. The van der Waals surface area contributed by atoms with Crippen molar-refractivity contribution >= 4 is 31.9 Å². The van der Waals surface area contributed by atoms with E-state index < -0.39 is 0 Å². The fraction of sp³-hybridized carbons (Fsp3) is 0.312. The van der Waals surface area contributed by atoms with Crippen molar-refractivity contribution in [2.45, 2.75) is 25.8 Å². The Morgan fingerprint density at radius 3 is 2.65 bits per heavy atom. The van der Waals surface area contributed by atoms with Crippen LogP contribution in [0.5, 0.6) is 0 Å². The van der Waals surface area contributed by atoms with E-state index >= 15 is 0 Å². The predicted molar refractivity (Wildman–Crippen MR) is 90.8 cm³/mol. The number of nitrogens with one attached hydrogen (secondary N) is 1. The first-order valence-corrected chi connectivity index (χ1v) is 8.37. The van der Waals surface area contributed by atoms with E-state index in [4.69, 9.17) is 0 Å². The van der Waals surface area contributed by atoms with Gasteiger partial charge >= 0.3 is 0 Å². The highest BCUT2D eigenvalue weighted by atomic mass is 79.9. The molecule has 0 spiro atoms. The van der Waals surface area contributed by atoms with Crippen molar-refractivity contribution in [3.8, 4) is 0 Å². The largest absolute Gasteiger partial charge is 0.310 e. The minimum Gasteiger partial charge on any atom is -0.310 e. The zero-order valence-corrected chi connectivity index (χ0v) is 14.6. The van der Waals surface area contributed by atoms with Crippen LogP contribution in [0.4, 0.5) is 0 Å². The molecule has 0 aliphatic rings. The molecule has 1 N–H and O–H groups in total. The molecule has 1 unspecified atom stereocenters. The van der Waals surface area contributed by atoms with Crippen molar-refractivity contribution in [3.63, 3.8) is 0 Å². The third kappa shape index (κ3) is 4.69. The summed E-state index contributed by atoms with van der Waals surface area (Å²) in [5, 5.41) is 3.60. The van der Waals surface area contributed by atoms with Crippen LogP contribution in [0.25, 0.3) is 0 Å². The van der Waals surface area contributed by atoms with Crippen molar-refractivity contribution in [3.05, 3.63) is 62.8 Å². The highest BCUT2D eigenvalue weighted by molar-refractivity contribution is 9.10. The van der Waals surface area contributed by atoms with Crippen molar-refractivity contribution in [2.75, 3.05) is 6.54 Å². The Balaban J connectivity index is 2.16. The van der Waals surface area contributed by atoms with E-state index in [-0.39, 0.29) is 0 Å². The Morgan fingerprint density at radius 1 is 1.15 bits per heavy atom. The Morgan fingerprint density at radius 2 is 2.00 bits per heavy atom. The van der Waals surface area contributed by atoms with Crippen LogP contribution in [0, 0.1) is 0 Å². The fourth-order valence-electron chi connectivity index (χ4n) is 2.09. The first kappa shape index (κ1) is 15.7. The summed E-state index contributed by atoms with van der Waals surface area (Å²) in [6, 6.07) is 12.9. The molecule has 1 heterocycles. The molecule has 0 aliphatic heterocycles. The van der Waals surface area contributed by atoms with Crippen LogP contribution in [0.1, 0.15) is 30.6 Å². The van der Waals surface area contributed by atoms with Gasteiger partial charge in [0.1, 0.15) is 0 Å². The zero-order valence-electron chi connectivity index (χ0n) is 11.4. The second-order valence-electron chi connectivity index (χ2n) is 4.73. The molecule has 2 rings (SSSR count). The minimum absolute atomic E-state index is 0.293. The number of benzene rings is 1. The third-order valence-corrected chi connectivity index (χ3v) is 4.06. The van der Waals surface area contributed by atoms with Gasteiger partial charge in [0.05, 0.1) is 0 Å². The van der Waals surface area contributed by atoms with Gasteiger partial charge in [0, 0.05) is 33.3 Å². The maximum absolute atomic E-state index is 4.48. The molecule has 0 bridgehead atoms. The Labute approximate surface area is 137 Å². The van der Waals surface area contributed by atoms with E-state index in [9.17, 15) is 0 Å². The van der Waals surface area contributed by atoms with Gasteiger partial charge in [-0.15, -0.1) is 0 Å². The van der Waals surface area contributed by atoms with Gasteiger partial charge in [-0.3, -0.25) is 4.98 Å². The molecule has 0 fully saturated rings. The first-order valence-electron chi connectivity index (χ1n) is 6.78. The monoisotopic (exact) mass is 396 g/mol. The molecule has 0 saturated carbocycles. The molecule has 0 radical (unpaired) electrons. The zero-order chi connectivity index (χ0) is 14.4. The van der Waals surface area contributed by atoms with Crippen LogP contribution in [-0.4, -0.2) is 11.5 Å². The number of halogens is 2. The lowest BCUT2D eigenvalue weighted by Gasteiger charge is -2.19. The summed E-state index contributed by atoms with van der Waals surface area (Å²) in [5.41, 5.74) is 2.39. The summed E-state index contributed by atoms with van der Waals surface area (Å²) in [5.74, 6) is 0. The van der Waals surface area contributed by atoms with E-state index in [1.54, 1.807) is 0 Å². The number of hydrogen-bond acceptors (Lipinski definition) is 2. The molecule has 0 aliphatic carbocycles. The normalized spacial score (nSPS) is 12.3. The van der Waals surface area contributed by atoms with Crippen molar-refractivity contribution in [1.82, 2.24) is 10.3 Å². The van der Waals surface area contributed by atoms with Gasteiger partial charge < -0.3 is 5.32 Å². The van der Waals surface area contributed by atoms with Gasteiger partial charge in [0.15, 0.2) is 0 Å². The van der Waals surface area contributed by atoms with Gasteiger partial charge in [-0.2, -0.15) is 0 Å². The van der Waals surface area contributed by atoms with Crippen LogP contribution in [0.3, 0.4) is 0 Å². The van der Waals surface area contributed by atoms with Crippen LogP contribution >= 0.6 is 31.9 Å². The van der Waals surface area contributed by atoms with Crippen LogP contribution in [-0.2, 0) is 6.42 Å². The van der Waals surface area contributed by atoms with E-state index in [0.29, 0.717) is 6.04 Å². The molecule has 0 amide bonds. The molecule has 2 aromatic rings. The summed E-state index contributed by atoms with van der Waals surface area (Å²) in [4.78, 5) is 4.48. The van der Waals surface area contributed by atoms with Gasteiger partial charge in [0.25, 0.3) is 0 Å². The second kappa shape index (κ2) is 7.91. The van der Waals surface area contributed by atoms with Crippen LogP contribution < -0.4 is 5.32 Å². The Hall–Kier alpha value is -0.710. The van der Waals surface area contributed by atoms with Crippen LogP contribution in [0.15, 0.2) is 51.5 Å². The maximum Gasteiger partial charge on any atom is 0.0423 e. The SMILES string of the molecule is CCCNC(Cc1ccc(Br)cn1)c1cccc(Br)c1. The molecule has 1 aromatic heterocycles. The Bertz CT molecular complexity index is 540. The van der Waals surface area contributed by atoms with Crippen molar-refractivity contribution < 1.29 is 0 Å². The molecule has 1 aromatic carbocycles. The van der Waals surface area contributed by atoms with Crippen LogP contribution in [0.2, 0.25) is 0 Å². The number of aromatic nitrogens is 1. The van der Waals surface area contributed by atoms with E-state index in [1.165, 1.54) is 5.56 Å². The summed E-state index contributed by atoms with van der Waals surface area (Å²) >= 11 is 6.97. The summed E-state index contributed by atoms with van der Waals surface area (Å²) in [7, 11) is 0. The average Bonchev–Trinajstić information content (AvgIpc) is 2.45. The van der Waals surface area contributed by atoms with E-state index in [0.717, 1.165) is 34.0 Å².